The van der Waals surface area contributed by atoms with Crippen molar-refractivity contribution < 1.29 is 4.39 Å². The van der Waals surface area contributed by atoms with Crippen LogP contribution in [0.5, 0.6) is 0 Å². The van der Waals surface area contributed by atoms with Gasteiger partial charge in [-0.05, 0) is 39.9 Å². The van der Waals surface area contributed by atoms with Crippen molar-refractivity contribution >= 4 is 11.8 Å². The third kappa shape index (κ3) is 4.30. The SMILES string of the molecule is CNc1nc(N2CCC[C@@H](c3nccn3CCCN(C)C)C2)ncc1F. The van der Waals surface area contributed by atoms with Gasteiger partial charge in [0.15, 0.2) is 11.6 Å². The van der Waals surface area contributed by atoms with Gasteiger partial charge in [-0.15, -0.1) is 0 Å². The van der Waals surface area contributed by atoms with Gasteiger partial charge in [-0.2, -0.15) is 4.98 Å². The van der Waals surface area contributed by atoms with Gasteiger partial charge in [0, 0.05) is 45.0 Å². The number of nitrogens with zero attached hydrogens (tertiary/aromatic N) is 6. The Labute approximate surface area is 154 Å². The first-order valence-corrected chi connectivity index (χ1v) is 9.19. The molecule has 1 N–H and O–H groups in total. The van der Waals surface area contributed by atoms with E-state index in [1.54, 1.807) is 7.05 Å². The smallest absolute Gasteiger partial charge is 0.227 e. The number of hydrogen-bond donors (Lipinski definition) is 1. The zero-order valence-corrected chi connectivity index (χ0v) is 15.8. The summed E-state index contributed by atoms with van der Waals surface area (Å²) in [5.74, 6) is 1.85. The average Bonchev–Trinajstić information content (AvgIpc) is 3.10. The van der Waals surface area contributed by atoms with E-state index in [1.807, 2.05) is 6.20 Å². The number of imidazole rings is 1. The molecule has 2 aromatic rings. The van der Waals surface area contributed by atoms with Crippen molar-refractivity contribution in [3.05, 3.63) is 30.2 Å². The van der Waals surface area contributed by atoms with Crippen molar-refractivity contribution in [2.45, 2.75) is 31.7 Å². The van der Waals surface area contributed by atoms with Crippen molar-refractivity contribution in [3.8, 4) is 0 Å². The highest BCUT2D eigenvalue weighted by molar-refractivity contribution is 5.42. The molecule has 3 heterocycles. The number of piperidine rings is 1. The standard InChI is InChI=1S/C18H28FN7/c1-20-16-15(19)12-22-18(23-16)26-9-4-6-14(13-26)17-21-7-11-25(17)10-5-8-24(2)3/h7,11-12,14H,4-6,8-10,13H2,1-3H3,(H,20,22,23)/t14-/m1/s1. The van der Waals surface area contributed by atoms with E-state index in [-0.39, 0.29) is 5.82 Å². The molecule has 1 aliphatic heterocycles. The number of rotatable bonds is 7. The molecule has 7 nitrogen and oxygen atoms in total. The molecule has 2 aromatic heterocycles. The van der Waals surface area contributed by atoms with Crippen molar-refractivity contribution in [2.75, 3.05) is 51.0 Å². The molecule has 0 unspecified atom stereocenters. The summed E-state index contributed by atoms with van der Waals surface area (Å²) >= 11 is 0. The number of anilines is 2. The van der Waals surface area contributed by atoms with Crippen LogP contribution >= 0.6 is 0 Å². The molecule has 8 heteroatoms. The Kier molecular flexibility index (Phi) is 6.03. The fourth-order valence-corrected chi connectivity index (χ4v) is 3.48. The number of aryl methyl sites for hydroxylation is 1. The van der Waals surface area contributed by atoms with Crippen molar-refractivity contribution in [1.29, 1.82) is 0 Å². The minimum absolute atomic E-state index is 0.238. The summed E-state index contributed by atoms with van der Waals surface area (Å²) in [6.07, 6.45) is 8.43. The Morgan fingerprint density at radius 1 is 1.35 bits per heavy atom. The highest BCUT2D eigenvalue weighted by Gasteiger charge is 2.26. The predicted octanol–water partition coefficient (Wildman–Crippen LogP) is 2.19. The fraction of sp³-hybridized carbons (Fsp3) is 0.611. The lowest BCUT2D eigenvalue weighted by Crippen LogP contribution is -2.36. The van der Waals surface area contributed by atoms with E-state index in [0.717, 1.165) is 51.3 Å². The number of aromatic nitrogens is 4. The summed E-state index contributed by atoms with van der Waals surface area (Å²) in [5, 5.41) is 2.78. The zero-order chi connectivity index (χ0) is 18.5. The number of hydrogen-bond acceptors (Lipinski definition) is 6. The molecule has 0 saturated carbocycles. The van der Waals surface area contributed by atoms with Crippen LogP contribution in [0.4, 0.5) is 16.2 Å². The monoisotopic (exact) mass is 361 g/mol. The molecule has 142 valence electrons. The molecule has 0 bridgehead atoms. The average molecular weight is 361 g/mol. The van der Waals surface area contributed by atoms with E-state index >= 15 is 0 Å². The molecule has 3 rings (SSSR count). The van der Waals surface area contributed by atoms with Gasteiger partial charge in [0.05, 0.1) is 6.20 Å². The van der Waals surface area contributed by atoms with Crippen LogP contribution in [0.3, 0.4) is 0 Å². The van der Waals surface area contributed by atoms with Gasteiger partial charge >= 0.3 is 0 Å². The summed E-state index contributed by atoms with van der Waals surface area (Å²) in [6, 6.07) is 0. The van der Waals surface area contributed by atoms with E-state index in [4.69, 9.17) is 0 Å². The number of halogens is 1. The second kappa shape index (κ2) is 8.44. The Bertz CT molecular complexity index is 715. The maximum absolute atomic E-state index is 13.6. The van der Waals surface area contributed by atoms with E-state index in [2.05, 4.69) is 54.9 Å². The molecule has 1 saturated heterocycles. The molecule has 0 amide bonds. The third-order valence-corrected chi connectivity index (χ3v) is 4.79. The quantitative estimate of drug-likeness (QED) is 0.816. The Morgan fingerprint density at radius 2 is 2.19 bits per heavy atom. The van der Waals surface area contributed by atoms with E-state index in [0.29, 0.717) is 11.9 Å². The minimum atomic E-state index is -0.429. The molecule has 1 fully saturated rings. The highest BCUT2D eigenvalue weighted by Crippen LogP contribution is 2.28. The molecule has 0 spiro atoms. The lowest BCUT2D eigenvalue weighted by Gasteiger charge is -2.32. The lowest BCUT2D eigenvalue weighted by atomic mass is 9.97. The first-order chi connectivity index (χ1) is 12.6. The number of nitrogens with one attached hydrogen (secondary N) is 1. The van der Waals surface area contributed by atoms with Gasteiger partial charge in [-0.3, -0.25) is 0 Å². The summed E-state index contributed by atoms with van der Waals surface area (Å²) in [7, 11) is 5.85. The molecular weight excluding hydrogens is 333 g/mol. The second-order valence-corrected chi connectivity index (χ2v) is 7.04. The van der Waals surface area contributed by atoms with Crippen LogP contribution in [-0.2, 0) is 6.54 Å². The Morgan fingerprint density at radius 3 is 2.96 bits per heavy atom. The summed E-state index contributed by atoms with van der Waals surface area (Å²) < 4.78 is 15.9. The minimum Gasteiger partial charge on any atom is -0.371 e. The van der Waals surface area contributed by atoms with Crippen LogP contribution in [-0.4, -0.2) is 65.2 Å². The summed E-state index contributed by atoms with van der Waals surface area (Å²) in [5.41, 5.74) is 0. The lowest BCUT2D eigenvalue weighted by molar-refractivity contribution is 0.380. The van der Waals surface area contributed by atoms with Gasteiger partial charge in [-0.25, -0.2) is 14.4 Å². The largest absolute Gasteiger partial charge is 0.371 e. The first-order valence-electron chi connectivity index (χ1n) is 9.19. The van der Waals surface area contributed by atoms with Crippen molar-refractivity contribution in [3.63, 3.8) is 0 Å². The van der Waals surface area contributed by atoms with Gasteiger partial charge in [0.2, 0.25) is 5.95 Å². The van der Waals surface area contributed by atoms with Gasteiger partial charge in [0.1, 0.15) is 5.82 Å². The fourth-order valence-electron chi connectivity index (χ4n) is 3.48. The third-order valence-electron chi connectivity index (χ3n) is 4.79. The second-order valence-electron chi connectivity index (χ2n) is 7.04. The van der Waals surface area contributed by atoms with Crippen LogP contribution in [0.1, 0.15) is 31.0 Å². The summed E-state index contributed by atoms with van der Waals surface area (Å²) in [6.45, 7) is 3.72. The summed E-state index contributed by atoms with van der Waals surface area (Å²) in [4.78, 5) is 17.5. The van der Waals surface area contributed by atoms with Crippen LogP contribution < -0.4 is 10.2 Å². The van der Waals surface area contributed by atoms with Gasteiger partial charge in [0.25, 0.3) is 0 Å². The molecule has 1 atom stereocenters. The van der Waals surface area contributed by atoms with Crippen LogP contribution in [0, 0.1) is 5.82 Å². The molecule has 0 aromatic carbocycles. The predicted molar refractivity (Wildman–Crippen MR) is 101 cm³/mol. The molecule has 0 radical (unpaired) electrons. The van der Waals surface area contributed by atoms with Crippen LogP contribution in [0.25, 0.3) is 0 Å². The van der Waals surface area contributed by atoms with Gasteiger partial charge in [-0.1, -0.05) is 0 Å². The molecular formula is C18H28FN7. The van der Waals surface area contributed by atoms with Crippen LogP contribution in [0.15, 0.2) is 18.6 Å². The maximum atomic E-state index is 13.6. The highest BCUT2D eigenvalue weighted by atomic mass is 19.1. The van der Waals surface area contributed by atoms with Gasteiger partial charge < -0.3 is 19.7 Å². The molecule has 0 aliphatic carbocycles. The van der Waals surface area contributed by atoms with E-state index in [9.17, 15) is 4.39 Å². The molecule has 1 aliphatic rings. The Balaban J connectivity index is 1.70. The van der Waals surface area contributed by atoms with E-state index in [1.165, 1.54) is 6.20 Å². The maximum Gasteiger partial charge on any atom is 0.227 e. The zero-order valence-electron chi connectivity index (χ0n) is 15.8. The Hall–Kier alpha value is -2.22. The van der Waals surface area contributed by atoms with Crippen LogP contribution in [0.2, 0.25) is 0 Å². The topological polar surface area (TPSA) is 62.1 Å². The van der Waals surface area contributed by atoms with Crippen molar-refractivity contribution in [2.24, 2.45) is 0 Å². The van der Waals surface area contributed by atoms with Crippen molar-refractivity contribution in [1.82, 2.24) is 24.4 Å². The van der Waals surface area contributed by atoms with E-state index < -0.39 is 5.82 Å². The first kappa shape index (κ1) is 18.6. The molecule has 26 heavy (non-hydrogen) atoms. The normalized spacial score (nSPS) is 17.7.